The molecule has 3 rings (SSSR count). The number of anilines is 1. The minimum Gasteiger partial charge on any atom is -0.480 e. The van der Waals surface area contributed by atoms with Gasteiger partial charge < -0.3 is 9.84 Å². The molecular weight excluding hydrogens is 403 g/mol. The van der Waals surface area contributed by atoms with Crippen molar-refractivity contribution in [2.24, 2.45) is 0 Å². The number of aliphatic carboxylic acids is 1. The Morgan fingerprint density at radius 2 is 1.54 bits per heavy atom. The zero-order valence-corrected chi connectivity index (χ0v) is 13.2. The van der Waals surface area contributed by atoms with Crippen LogP contribution in [0.5, 0.6) is 5.75 Å². The van der Waals surface area contributed by atoms with Crippen molar-refractivity contribution in [3.63, 3.8) is 0 Å². The normalized spacial score (nSPS) is 15.2. The van der Waals surface area contributed by atoms with Crippen molar-refractivity contribution in [1.29, 1.82) is 0 Å². The molecule has 0 bridgehead atoms. The van der Waals surface area contributed by atoms with Crippen molar-refractivity contribution in [2.75, 3.05) is 11.4 Å². The summed E-state index contributed by atoms with van der Waals surface area (Å²) in [6, 6.07) is 1.99. The highest BCUT2D eigenvalue weighted by molar-refractivity contribution is 6.04. The fourth-order valence-corrected chi connectivity index (χ4v) is 2.57. The second kappa shape index (κ2) is 6.39. The SMILES string of the molecule is O=C(O)CN1C(=O)C(F)(F)Oc2ccc(-c3c(F)c(F)c(F)c(F)c3F)cc21. The molecule has 0 saturated heterocycles. The molecule has 2 aromatic carbocycles. The number of alkyl halides is 2. The second-order valence-electron chi connectivity index (χ2n) is 5.53. The number of hydrogen-bond donors (Lipinski definition) is 1. The van der Waals surface area contributed by atoms with E-state index in [1.807, 2.05) is 0 Å². The van der Waals surface area contributed by atoms with Crippen LogP contribution in [-0.2, 0) is 9.59 Å². The highest BCUT2D eigenvalue weighted by Gasteiger charge is 2.51. The number of carboxylic acids is 1. The van der Waals surface area contributed by atoms with Crippen LogP contribution in [0.25, 0.3) is 11.1 Å². The second-order valence-corrected chi connectivity index (χ2v) is 5.53. The van der Waals surface area contributed by atoms with Gasteiger partial charge in [0.05, 0.1) is 11.3 Å². The molecule has 0 atom stereocenters. The molecule has 0 spiro atoms. The number of rotatable bonds is 3. The van der Waals surface area contributed by atoms with E-state index in [-0.39, 0.29) is 4.90 Å². The summed E-state index contributed by atoms with van der Waals surface area (Å²) in [7, 11) is 0. The molecule has 1 heterocycles. The number of benzene rings is 2. The smallest absolute Gasteiger partial charge is 0.480 e. The topological polar surface area (TPSA) is 66.8 Å². The molecule has 5 nitrogen and oxygen atoms in total. The number of ether oxygens (including phenoxy) is 1. The quantitative estimate of drug-likeness (QED) is 0.479. The lowest BCUT2D eigenvalue weighted by Crippen LogP contribution is -2.52. The van der Waals surface area contributed by atoms with Crippen molar-refractivity contribution >= 4 is 17.6 Å². The maximum absolute atomic E-state index is 14.0. The van der Waals surface area contributed by atoms with Crippen molar-refractivity contribution in [3.8, 4) is 16.9 Å². The summed E-state index contributed by atoms with van der Waals surface area (Å²) < 4.78 is 99.3. The number of carboxylic acid groups (broad SMARTS) is 1. The van der Waals surface area contributed by atoms with Gasteiger partial charge in [-0.3, -0.25) is 14.5 Å². The first-order valence-corrected chi connectivity index (χ1v) is 7.22. The summed E-state index contributed by atoms with van der Waals surface area (Å²) in [6.07, 6.45) is -4.42. The lowest BCUT2D eigenvalue weighted by molar-refractivity contribution is -0.193. The van der Waals surface area contributed by atoms with Crippen LogP contribution in [0, 0.1) is 29.1 Å². The number of carbonyl (C=O) groups is 2. The third-order valence-electron chi connectivity index (χ3n) is 3.77. The summed E-state index contributed by atoms with van der Waals surface area (Å²) in [6.45, 7) is -1.27. The van der Waals surface area contributed by atoms with Crippen LogP contribution in [0.3, 0.4) is 0 Å². The number of nitrogens with zero attached hydrogens (tertiary/aromatic N) is 1. The standard InChI is InChI=1S/C16H6F7NO4/c17-10-9(11(18)13(20)14(21)12(10)19)5-1-2-7-6(3-5)24(4-8(25)26)15(27)16(22,23)28-7/h1-3H,4H2,(H,25,26). The van der Waals surface area contributed by atoms with Gasteiger partial charge in [-0.25, -0.2) is 22.0 Å². The van der Waals surface area contributed by atoms with E-state index < -0.39 is 76.2 Å². The molecule has 1 aliphatic heterocycles. The summed E-state index contributed by atoms with van der Waals surface area (Å²) in [5.74, 6) is -15.8. The third-order valence-corrected chi connectivity index (χ3v) is 3.77. The average Bonchev–Trinajstić information content (AvgIpc) is 2.62. The van der Waals surface area contributed by atoms with Gasteiger partial charge in [0.2, 0.25) is 5.82 Å². The fraction of sp³-hybridized carbons (Fsp3) is 0.125. The molecule has 0 unspecified atom stereocenters. The lowest BCUT2D eigenvalue weighted by atomic mass is 10.0. The van der Waals surface area contributed by atoms with E-state index in [2.05, 4.69) is 4.74 Å². The predicted octanol–water partition coefficient (Wildman–Crippen LogP) is 3.45. The number of hydrogen-bond acceptors (Lipinski definition) is 3. The van der Waals surface area contributed by atoms with Crippen LogP contribution < -0.4 is 9.64 Å². The van der Waals surface area contributed by atoms with Gasteiger partial charge in [0.25, 0.3) is 0 Å². The molecular formula is C16H6F7NO4. The van der Waals surface area contributed by atoms with Crippen LogP contribution in [0.4, 0.5) is 36.4 Å². The largest absolute Gasteiger partial charge is 0.482 e. The average molecular weight is 409 g/mol. The minimum atomic E-state index is -4.42. The molecule has 12 heteroatoms. The number of carbonyl (C=O) groups excluding carboxylic acids is 1. The van der Waals surface area contributed by atoms with Gasteiger partial charge in [-0.15, -0.1) is 0 Å². The van der Waals surface area contributed by atoms with Gasteiger partial charge >= 0.3 is 18.0 Å². The van der Waals surface area contributed by atoms with Crippen molar-refractivity contribution in [2.45, 2.75) is 6.11 Å². The molecule has 1 aliphatic rings. The Morgan fingerprint density at radius 1 is 1.00 bits per heavy atom. The fourth-order valence-electron chi connectivity index (χ4n) is 2.57. The van der Waals surface area contributed by atoms with E-state index in [9.17, 15) is 40.3 Å². The Morgan fingerprint density at radius 3 is 2.07 bits per heavy atom. The molecule has 1 amide bonds. The first kappa shape index (κ1) is 19.5. The summed E-state index contributed by atoms with van der Waals surface area (Å²) >= 11 is 0. The van der Waals surface area contributed by atoms with E-state index in [0.29, 0.717) is 18.2 Å². The lowest BCUT2D eigenvalue weighted by Gasteiger charge is -2.32. The van der Waals surface area contributed by atoms with Crippen LogP contribution >= 0.6 is 0 Å². The Bertz CT molecular complexity index is 996. The Labute approximate surface area is 150 Å². The minimum absolute atomic E-state index is 0.0523. The molecule has 0 radical (unpaired) electrons. The summed E-state index contributed by atoms with van der Waals surface area (Å²) in [5, 5.41) is 8.82. The van der Waals surface area contributed by atoms with Crippen LogP contribution in [0.1, 0.15) is 0 Å². The van der Waals surface area contributed by atoms with Gasteiger partial charge in [0.15, 0.2) is 29.0 Å². The number of halogens is 7. The zero-order valence-electron chi connectivity index (χ0n) is 13.2. The molecule has 0 saturated carbocycles. The van der Waals surface area contributed by atoms with Gasteiger partial charge in [-0.05, 0) is 17.7 Å². The maximum atomic E-state index is 14.0. The van der Waals surface area contributed by atoms with E-state index in [1.54, 1.807) is 0 Å². The van der Waals surface area contributed by atoms with Gasteiger partial charge in [0, 0.05) is 0 Å². The Kier molecular flexibility index (Phi) is 4.44. The summed E-state index contributed by atoms with van der Waals surface area (Å²) in [4.78, 5) is 22.7. The van der Waals surface area contributed by atoms with Crippen molar-refractivity contribution in [3.05, 3.63) is 47.3 Å². The van der Waals surface area contributed by atoms with Gasteiger partial charge in [0.1, 0.15) is 6.54 Å². The molecule has 0 fully saturated rings. The van der Waals surface area contributed by atoms with Crippen LogP contribution in [-0.4, -0.2) is 29.6 Å². The molecule has 1 N–H and O–H groups in total. The number of fused-ring (bicyclic) bond motifs is 1. The molecule has 0 aliphatic carbocycles. The van der Waals surface area contributed by atoms with Crippen LogP contribution in [0.15, 0.2) is 18.2 Å². The van der Waals surface area contributed by atoms with Gasteiger partial charge in [-0.1, -0.05) is 6.07 Å². The third kappa shape index (κ3) is 2.90. The molecule has 0 aromatic heterocycles. The molecule has 28 heavy (non-hydrogen) atoms. The van der Waals surface area contributed by atoms with E-state index in [4.69, 9.17) is 5.11 Å². The van der Waals surface area contributed by atoms with E-state index in [0.717, 1.165) is 0 Å². The van der Waals surface area contributed by atoms with Crippen molar-refractivity contribution in [1.82, 2.24) is 0 Å². The molecule has 148 valence electrons. The van der Waals surface area contributed by atoms with Crippen LogP contribution in [0.2, 0.25) is 0 Å². The Hall–Kier alpha value is -3.31. The maximum Gasteiger partial charge on any atom is 0.482 e. The zero-order chi connectivity index (χ0) is 21.0. The van der Waals surface area contributed by atoms with Crippen molar-refractivity contribution < 1.29 is 50.2 Å². The number of amides is 1. The Balaban J connectivity index is 2.24. The highest BCUT2D eigenvalue weighted by Crippen LogP contribution is 2.42. The summed E-state index contributed by atoms with van der Waals surface area (Å²) in [5.41, 5.74) is -2.73. The van der Waals surface area contributed by atoms with E-state index >= 15 is 0 Å². The molecule has 2 aromatic rings. The highest BCUT2D eigenvalue weighted by atomic mass is 19.3. The first-order valence-electron chi connectivity index (χ1n) is 7.22. The van der Waals surface area contributed by atoms with Gasteiger partial charge in [-0.2, -0.15) is 8.78 Å². The first-order chi connectivity index (χ1) is 13.0. The predicted molar refractivity (Wildman–Crippen MR) is 77.2 cm³/mol. The monoisotopic (exact) mass is 409 g/mol. The van der Waals surface area contributed by atoms with E-state index in [1.165, 1.54) is 0 Å².